The minimum atomic E-state index is 0.747. The average molecular weight is 273 g/mol. The number of para-hydroxylation sites is 1. The lowest BCUT2D eigenvalue weighted by Crippen LogP contribution is -2.23. The Morgan fingerprint density at radius 1 is 1.15 bits per heavy atom. The molecule has 0 amide bonds. The van der Waals surface area contributed by atoms with Gasteiger partial charge in [0.25, 0.3) is 0 Å². The van der Waals surface area contributed by atoms with E-state index in [-0.39, 0.29) is 0 Å². The van der Waals surface area contributed by atoms with Crippen molar-refractivity contribution < 1.29 is 4.74 Å². The number of fused-ring (bicyclic) bond motifs is 1. The molecule has 108 valence electrons. The van der Waals surface area contributed by atoms with Gasteiger partial charge in [0.2, 0.25) is 0 Å². The number of pyridine rings is 1. The SMILES string of the molecule is CN(C)CCOCCNCc1ccnc2ccccc12. The molecule has 0 bridgehead atoms. The maximum atomic E-state index is 5.55. The molecule has 1 aromatic carbocycles. The predicted molar refractivity (Wildman–Crippen MR) is 82.8 cm³/mol. The van der Waals surface area contributed by atoms with Crippen LogP contribution in [-0.2, 0) is 11.3 Å². The van der Waals surface area contributed by atoms with E-state index in [0.717, 1.165) is 38.4 Å². The first-order valence-electron chi connectivity index (χ1n) is 7.03. The van der Waals surface area contributed by atoms with Crippen LogP contribution in [0, 0.1) is 0 Å². The summed E-state index contributed by atoms with van der Waals surface area (Å²) in [5.41, 5.74) is 2.33. The fraction of sp³-hybridized carbons (Fsp3) is 0.438. The van der Waals surface area contributed by atoms with E-state index in [2.05, 4.69) is 47.5 Å². The van der Waals surface area contributed by atoms with Crippen LogP contribution in [0.25, 0.3) is 10.9 Å². The lowest BCUT2D eigenvalue weighted by Gasteiger charge is -2.11. The molecule has 0 aliphatic heterocycles. The molecule has 0 aliphatic rings. The Balaban J connectivity index is 1.73. The van der Waals surface area contributed by atoms with Crippen LogP contribution in [0.5, 0.6) is 0 Å². The highest BCUT2D eigenvalue weighted by Crippen LogP contribution is 2.15. The van der Waals surface area contributed by atoms with E-state index in [1.54, 1.807) is 0 Å². The normalized spacial score (nSPS) is 11.3. The molecule has 1 aromatic heterocycles. The fourth-order valence-corrected chi connectivity index (χ4v) is 2.03. The third-order valence-corrected chi connectivity index (χ3v) is 3.16. The van der Waals surface area contributed by atoms with Crippen LogP contribution >= 0.6 is 0 Å². The Hall–Kier alpha value is -1.49. The summed E-state index contributed by atoms with van der Waals surface area (Å²) in [5.74, 6) is 0. The Bertz CT molecular complexity index is 523. The number of nitrogens with one attached hydrogen (secondary N) is 1. The van der Waals surface area contributed by atoms with E-state index in [9.17, 15) is 0 Å². The third-order valence-electron chi connectivity index (χ3n) is 3.16. The largest absolute Gasteiger partial charge is 0.379 e. The highest BCUT2D eigenvalue weighted by Gasteiger charge is 2.00. The zero-order valence-corrected chi connectivity index (χ0v) is 12.3. The van der Waals surface area contributed by atoms with Crippen molar-refractivity contribution >= 4 is 10.9 Å². The average Bonchev–Trinajstić information content (AvgIpc) is 2.46. The van der Waals surface area contributed by atoms with Crippen LogP contribution in [0.1, 0.15) is 5.56 Å². The molecule has 4 nitrogen and oxygen atoms in total. The predicted octanol–water partition coefficient (Wildman–Crippen LogP) is 1.90. The van der Waals surface area contributed by atoms with Crippen molar-refractivity contribution in [3.63, 3.8) is 0 Å². The van der Waals surface area contributed by atoms with Gasteiger partial charge in [-0.2, -0.15) is 0 Å². The fourth-order valence-electron chi connectivity index (χ4n) is 2.03. The van der Waals surface area contributed by atoms with Gasteiger partial charge in [-0.05, 0) is 31.8 Å². The van der Waals surface area contributed by atoms with Crippen LogP contribution in [0.4, 0.5) is 0 Å². The Morgan fingerprint density at radius 3 is 2.85 bits per heavy atom. The molecule has 20 heavy (non-hydrogen) atoms. The van der Waals surface area contributed by atoms with Gasteiger partial charge in [0.15, 0.2) is 0 Å². The van der Waals surface area contributed by atoms with Gasteiger partial charge in [-0.15, -0.1) is 0 Å². The summed E-state index contributed by atoms with van der Waals surface area (Å²) in [6.45, 7) is 4.21. The molecule has 0 aliphatic carbocycles. The van der Waals surface area contributed by atoms with E-state index in [1.165, 1.54) is 10.9 Å². The van der Waals surface area contributed by atoms with E-state index < -0.39 is 0 Å². The quantitative estimate of drug-likeness (QED) is 0.746. The minimum Gasteiger partial charge on any atom is -0.379 e. The smallest absolute Gasteiger partial charge is 0.0705 e. The topological polar surface area (TPSA) is 37.4 Å². The third kappa shape index (κ3) is 4.56. The van der Waals surface area contributed by atoms with Crippen LogP contribution < -0.4 is 5.32 Å². The minimum absolute atomic E-state index is 0.747. The van der Waals surface area contributed by atoms with E-state index in [0.29, 0.717) is 0 Å². The second-order valence-electron chi connectivity index (χ2n) is 5.08. The van der Waals surface area contributed by atoms with Crippen LogP contribution in [0.3, 0.4) is 0 Å². The molecule has 4 heteroatoms. The summed E-state index contributed by atoms with van der Waals surface area (Å²) in [6.07, 6.45) is 1.87. The molecule has 2 aromatic rings. The molecule has 0 fully saturated rings. The molecule has 2 rings (SSSR count). The molecule has 0 spiro atoms. The second-order valence-corrected chi connectivity index (χ2v) is 5.08. The molecule has 0 atom stereocenters. The molecular weight excluding hydrogens is 250 g/mol. The Morgan fingerprint density at radius 2 is 2.00 bits per heavy atom. The molecule has 0 unspecified atom stereocenters. The van der Waals surface area contributed by atoms with Gasteiger partial charge in [0, 0.05) is 31.2 Å². The summed E-state index contributed by atoms with van der Waals surface area (Å²) in [5, 5.41) is 4.63. The number of nitrogens with zero attached hydrogens (tertiary/aromatic N) is 2. The standard InChI is InChI=1S/C16H23N3O/c1-19(2)10-12-20-11-9-17-13-14-7-8-18-16-6-4-3-5-15(14)16/h3-8,17H,9-13H2,1-2H3. The van der Waals surface area contributed by atoms with Crippen molar-refractivity contribution in [3.05, 3.63) is 42.1 Å². The molecule has 1 N–H and O–H groups in total. The summed E-state index contributed by atoms with van der Waals surface area (Å²) < 4.78 is 5.55. The van der Waals surface area contributed by atoms with Gasteiger partial charge in [-0.3, -0.25) is 4.98 Å². The van der Waals surface area contributed by atoms with Gasteiger partial charge in [-0.1, -0.05) is 18.2 Å². The molecular formula is C16H23N3O. The highest BCUT2D eigenvalue weighted by molar-refractivity contribution is 5.81. The number of hydrogen-bond donors (Lipinski definition) is 1. The summed E-state index contributed by atoms with van der Waals surface area (Å²) in [6, 6.07) is 10.3. The van der Waals surface area contributed by atoms with Crippen molar-refractivity contribution in [2.24, 2.45) is 0 Å². The van der Waals surface area contributed by atoms with Crippen molar-refractivity contribution in [2.75, 3.05) is 40.4 Å². The molecule has 0 radical (unpaired) electrons. The summed E-state index contributed by atoms with van der Waals surface area (Å²) >= 11 is 0. The molecule has 0 saturated carbocycles. The zero-order chi connectivity index (χ0) is 14.2. The Labute approximate surface area is 120 Å². The van der Waals surface area contributed by atoms with Gasteiger partial charge in [-0.25, -0.2) is 0 Å². The lowest BCUT2D eigenvalue weighted by molar-refractivity contribution is 0.119. The van der Waals surface area contributed by atoms with Crippen molar-refractivity contribution in [1.82, 2.24) is 15.2 Å². The van der Waals surface area contributed by atoms with Gasteiger partial charge in [0.05, 0.1) is 18.7 Å². The first-order valence-corrected chi connectivity index (χ1v) is 7.03. The van der Waals surface area contributed by atoms with Crippen LogP contribution in [0.2, 0.25) is 0 Å². The number of benzene rings is 1. The van der Waals surface area contributed by atoms with Gasteiger partial charge in [0.1, 0.15) is 0 Å². The number of hydrogen-bond acceptors (Lipinski definition) is 4. The lowest BCUT2D eigenvalue weighted by atomic mass is 10.1. The highest BCUT2D eigenvalue weighted by atomic mass is 16.5. The first kappa shape index (κ1) is 14.9. The number of aromatic nitrogens is 1. The maximum absolute atomic E-state index is 5.55. The maximum Gasteiger partial charge on any atom is 0.0705 e. The van der Waals surface area contributed by atoms with Crippen molar-refractivity contribution in [3.8, 4) is 0 Å². The molecule has 0 saturated heterocycles. The van der Waals surface area contributed by atoms with Crippen molar-refractivity contribution in [1.29, 1.82) is 0 Å². The van der Waals surface area contributed by atoms with E-state index in [4.69, 9.17) is 4.74 Å². The zero-order valence-electron chi connectivity index (χ0n) is 12.3. The first-order chi connectivity index (χ1) is 9.77. The summed E-state index contributed by atoms with van der Waals surface area (Å²) in [4.78, 5) is 6.49. The van der Waals surface area contributed by atoms with E-state index >= 15 is 0 Å². The van der Waals surface area contributed by atoms with Gasteiger partial charge < -0.3 is 15.0 Å². The van der Waals surface area contributed by atoms with Gasteiger partial charge >= 0.3 is 0 Å². The van der Waals surface area contributed by atoms with Crippen LogP contribution in [0.15, 0.2) is 36.5 Å². The van der Waals surface area contributed by atoms with Crippen molar-refractivity contribution in [2.45, 2.75) is 6.54 Å². The van der Waals surface area contributed by atoms with E-state index in [1.807, 2.05) is 18.3 Å². The number of rotatable bonds is 8. The second kappa shape index (κ2) is 7.94. The van der Waals surface area contributed by atoms with Crippen LogP contribution in [-0.4, -0.2) is 50.3 Å². The molecule has 1 heterocycles. The summed E-state index contributed by atoms with van der Waals surface area (Å²) in [7, 11) is 4.10. The number of likely N-dealkylation sites (N-methyl/N-ethyl adjacent to an activating group) is 1. The monoisotopic (exact) mass is 273 g/mol. The Kier molecular flexibility index (Phi) is 5.92. The number of ether oxygens (including phenoxy) is 1.